The molecule has 84 valence electrons. The number of hydrogen-bond acceptors (Lipinski definition) is 2. The number of nitrogens with zero attached hydrogens (tertiary/aromatic N) is 1. The number of likely N-dealkylation sites (N-methyl/N-ethyl adjacent to an activating group) is 1. The minimum absolute atomic E-state index is 0.428. The molecular formula is C12H22BNO. The zero-order valence-electron chi connectivity index (χ0n) is 10.3. The Kier molecular flexibility index (Phi) is 2.04. The summed E-state index contributed by atoms with van der Waals surface area (Å²) in [4.78, 5) is 2.65. The number of ether oxygens (including phenoxy) is 1. The van der Waals surface area contributed by atoms with Crippen molar-refractivity contribution in [2.75, 3.05) is 20.3 Å². The van der Waals surface area contributed by atoms with Gasteiger partial charge < -0.3 is 4.74 Å². The summed E-state index contributed by atoms with van der Waals surface area (Å²) in [5.74, 6) is 0.903. The SMILES string of the molecule is BC1(C)CCCC2C1CC1(COC1)N2C. The lowest BCUT2D eigenvalue weighted by Crippen LogP contribution is -2.58. The van der Waals surface area contributed by atoms with E-state index in [0.717, 1.165) is 25.2 Å². The van der Waals surface area contributed by atoms with Gasteiger partial charge in [-0.2, -0.15) is 0 Å². The van der Waals surface area contributed by atoms with Crippen LogP contribution in [-0.4, -0.2) is 44.6 Å². The van der Waals surface area contributed by atoms with E-state index < -0.39 is 0 Å². The van der Waals surface area contributed by atoms with Crippen molar-refractivity contribution in [2.24, 2.45) is 5.92 Å². The fourth-order valence-corrected chi connectivity index (χ4v) is 4.11. The van der Waals surface area contributed by atoms with Gasteiger partial charge in [0.05, 0.1) is 18.8 Å². The Morgan fingerprint density at radius 2 is 2.13 bits per heavy atom. The number of rotatable bonds is 0. The fourth-order valence-electron chi connectivity index (χ4n) is 4.11. The molecule has 15 heavy (non-hydrogen) atoms. The quantitative estimate of drug-likeness (QED) is 0.551. The van der Waals surface area contributed by atoms with E-state index in [1.54, 1.807) is 0 Å². The van der Waals surface area contributed by atoms with Gasteiger partial charge in [-0.05, 0) is 25.8 Å². The smallest absolute Gasteiger partial charge is 0.109 e. The molecule has 0 N–H and O–H groups in total. The van der Waals surface area contributed by atoms with Crippen LogP contribution in [0.2, 0.25) is 5.31 Å². The molecule has 1 aliphatic carbocycles. The minimum Gasteiger partial charge on any atom is -0.377 e. The van der Waals surface area contributed by atoms with E-state index in [2.05, 4.69) is 26.7 Å². The van der Waals surface area contributed by atoms with E-state index >= 15 is 0 Å². The number of fused-ring (bicyclic) bond motifs is 1. The van der Waals surface area contributed by atoms with Gasteiger partial charge in [-0.3, -0.25) is 4.90 Å². The predicted molar refractivity (Wildman–Crippen MR) is 64.0 cm³/mol. The van der Waals surface area contributed by atoms with Crippen molar-refractivity contribution in [3.8, 4) is 0 Å². The second-order valence-electron chi connectivity index (χ2n) is 6.59. The van der Waals surface area contributed by atoms with Crippen molar-refractivity contribution in [3.63, 3.8) is 0 Å². The summed E-state index contributed by atoms with van der Waals surface area (Å²) >= 11 is 0. The van der Waals surface area contributed by atoms with Gasteiger partial charge in [0.1, 0.15) is 7.85 Å². The molecule has 2 nitrogen and oxygen atoms in total. The lowest BCUT2D eigenvalue weighted by molar-refractivity contribution is -0.122. The van der Waals surface area contributed by atoms with Crippen LogP contribution in [0.5, 0.6) is 0 Å². The Morgan fingerprint density at radius 3 is 2.67 bits per heavy atom. The van der Waals surface area contributed by atoms with Crippen molar-refractivity contribution in [2.45, 2.75) is 49.5 Å². The van der Waals surface area contributed by atoms with Gasteiger partial charge >= 0.3 is 0 Å². The molecule has 0 aromatic heterocycles. The summed E-state index contributed by atoms with van der Waals surface area (Å²) in [5, 5.41) is 0.552. The topological polar surface area (TPSA) is 12.5 Å². The molecule has 2 heterocycles. The molecule has 0 aromatic rings. The van der Waals surface area contributed by atoms with Crippen LogP contribution >= 0.6 is 0 Å². The third-order valence-corrected chi connectivity index (χ3v) is 5.38. The van der Waals surface area contributed by atoms with E-state index in [4.69, 9.17) is 4.74 Å². The Balaban J connectivity index is 1.88. The van der Waals surface area contributed by atoms with Crippen LogP contribution in [-0.2, 0) is 4.74 Å². The van der Waals surface area contributed by atoms with Gasteiger partial charge in [0.15, 0.2) is 0 Å². The number of likely N-dealkylation sites (tertiary alicyclic amines) is 1. The Bertz CT molecular complexity index is 275. The molecule has 3 heteroatoms. The van der Waals surface area contributed by atoms with E-state index in [1.807, 2.05) is 0 Å². The molecule has 3 unspecified atom stereocenters. The zero-order chi connectivity index (χ0) is 10.7. The van der Waals surface area contributed by atoms with E-state index in [0.29, 0.717) is 10.9 Å². The van der Waals surface area contributed by atoms with Crippen molar-refractivity contribution in [1.29, 1.82) is 0 Å². The summed E-state index contributed by atoms with van der Waals surface area (Å²) in [6.45, 7) is 4.43. The molecule has 0 amide bonds. The molecule has 1 saturated carbocycles. The van der Waals surface area contributed by atoms with Crippen LogP contribution in [0.4, 0.5) is 0 Å². The highest BCUT2D eigenvalue weighted by atomic mass is 16.5. The second kappa shape index (κ2) is 3.01. The van der Waals surface area contributed by atoms with Crippen molar-refractivity contribution in [3.05, 3.63) is 0 Å². The van der Waals surface area contributed by atoms with E-state index in [-0.39, 0.29) is 0 Å². The fraction of sp³-hybridized carbons (Fsp3) is 1.00. The highest BCUT2D eigenvalue weighted by Gasteiger charge is 2.57. The molecule has 0 radical (unpaired) electrons. The third-order valence-electron chi connectivity index (χ3n) is 5.38. The van der Waals surface area contributed by atoms with Crippen LogP contribution in [0.1, 0.15) is 32.6 Å². The van der Waals surface area contributed by atoms with Crippen LogP contribution < -0.4 is 0 Å². The highest BCUT2D eigenvalue weighted by Crippen LogP contribution is 2.56. The van der Waals surface area contributed by atoms with Crippen LogP contribution in [0, 0.1) is 5.92 Å². The molecular weight excluding hydrogens is 185 g/mol. The molecule has 3 fully saturated rings. The maximum absolute atomic E-state index is 5.46. The zero-order valence-corrected chi connectivity index (χ0v) is 10.3. The molecule has 3 rings (SSSR count). The van der Waals surface area contributed by atoms with Crippen LogP contribution in [0.3, 0.4) is 0 Å². The monoisotopic (exact) mass is 207 g/mol. The van der Waals surface area contributed by atoms with Gasteiger partial charge in [-0.1, -0.05) is 25.1 Å². The molecule has 0 aromatic carbocycles. The molecule has 0 bridgehead atoms. The summed E-state index contributed by atoms with van der Waals surface area (Å²) in [6, 6.07) is 0.831. The summed E-state index contributed by atoms with van der Waals surface area (Å²) in [5.41, 5.74) is 0.428. The van der Waals surface area contributed by atoms with Crippen molar-refractivity contribution in [1.82, 2.24) is 4.90 Å². The predicted octanol–water partition coefficient (Wildman–Crippen LogP) is 1.07. The van der Waals surface area contributed by atoms with Gasteiger partial charge in [-0.25, -0.2) is 0 Å². The molecule has 3 aliphatic rings. The first-order chi connectivity index (χ1) is 7.05. The normalized spacial score (nSPS) is 48.9. The Morgan fingerprint density at radius 1 is 1.40 bits per heavy atom. The Hall–Kier alpha value is -0.0151. The van der Waals surface area contributed by atoms with Gasteiger partial charge in [0.25, 0.3) is 0 Å². The summed E-state index contributed by atoms with van der Waals surface area (Å²) in [6.07, 6.45) is 5.61. The summed E-state index contributed by atoms with van der Waals surface area (Å²) < 4.78 is 5.46. The van der Waals surface area contributed by atoms with E-state index in [9.17, 15) is 0 Å². The van der Waals surface area contributed by atoms with Crippen LogP contribution in [0.25, 0.3) is 0 Å². The maximum atomic E-state index is 5.46. The van der Waals surface area contributed by atoms with E-state index in [1.165, 1.54) is 25.7 Å². The maximum Gasteiger partial charge on any atom is 0.109 e. The van der Waals surface area contributed by atoms with Gasteiger partial charge in [0.2, 0.25) is 0 Å². The first-order valence-corrected chi connectivity index (χ1v) is 6.36. The molecule has 2 aliphatic heterocycles. The summed E-state index contributed by atoms with van der Waals surface area (Å²) in [7, 11) is 4.80. The van der Waals surface area contributed by atoms with Crippen molar-refractivity contribution >= 4 is 7.85 Å². The second-order valence-corrected chi connectivity index (χ2v) is 6.59. The van der Waals surface area contributed by atoms with Gasteiger partial charge in [0, 0.05) is 6.04 Å². The lowest BCUT2D eigenvalue weighted by atomic mass is 9.54. The minimum atomic E-state index is 0.428. The first-order valence-electron chi connectivity index (χ1n) is 6.36. The van der Waals surface area contributed by atoms with Crippen molar-refractivity contribution < 1.29 is 4.74 Å². The largest absolute Gasteiger partial charge is 0.377 e. The average molecular weight is 207 g/mol. The first kappa shape index (κ1) is 10.2. The van der Waals surface area contributed by atoms with Crippen LogP contribution in [0.15, 0.2) is 0 Å². The highest BCUT2D eigenvalue weighted by molar-refractivity contribution is 6.15. The molecule has 1 spiro atoms. The molecule has 3 atom stereocenters. The lowest BCUT2D eigenvalue weighted by Gasteiger charge is -2.45. The number of hydrogen-bond donors (Lipinski definition) is 0. The average Bonchev–Trinajstić information content (AvgIpc) is 2.40. The van der Waals surface area contributed by atoms with Gasteiger partial charge in [-0.15, -0.1) is 0 Å². The third kappa shape index (κ3) is 1.26. The Labute approximate surface area is 93.8 Å². The molecule has 2 saturated heterocycles. The standard InChI is InChI=1S/C12H22BNO/c1-11(13)5-3-4-10-9(11)6-12(14(10)2)7-15-8-12/h9-10H,3-8,13H2,1-2H3.